The van der Waals surface area contributed by atoms with Crippen LogP contribution in [0.4, 0.5) is 17.5 Å². The molecule has 1 saturated heterocycles. The second-order valence-corrected chi connectivity index (χ2v) is 10.3. The molecule has 1 aliphatic carbocycles. The van der Waals surface area contributed by atoms with Crippen molar-refractivity contribution >= 4 is 43.8 Å². The van der Waals surface area contributed by atoms with Crippen LogP contribution in [0.3, 0.4) is 0 Å². The molecular formula is C30H33N6O2P. The number of aromatic nitrogens is 2. The average molecular weight is 541 g/mol. The van der Waals surface area contributed by atoms with Crippen LogP contribution in [0, 0.1) is 6.92 Å². The summed E-state index contributed by atoms with van der Waals surface area (Å²) in [5.74, 6) is 1.60. The molecule has 0 saturated carbocycles. The van der Waals surface area contributed by atoms with Crippen molar-refractivity contribution in [2.45, 2.75) is 26.4 Å². The summed E-state index contributed by atoms with van der Waals surface area (Å²) in [5, 5.41) is 18.6. The lowest BCUT2D eigenvalue weighted by atomic mass is 10.0. The van der Waals surface area contributed by atoms with Gasteiger partial charge in [-0.3, -0.25) is 0 Å². The fraction of sp³-hybridized carbons (Fsp3) is 0.233. The number of nitrogens with zero attached hydrogens (tertiary/aromatic N) is 4. The molecule has 200 valence electrons. The van der Waals surface area contributed by atoms with E-state index in [1.165, 1.54) is 0 Å². The molecule has 0 radical (unpaired) electrons. The highest BCUT2D eigenvalue weighted by Gasteiger charge is 2.20. The number of benzene rings is 2. The fourth-order valence-electron chi connectivity index (χ4n) is 4.55. The van der Waals surface area contributed by atoms with Crippen LogP contribution in [-0.4, -0.2) is 47.1 Å². The van der Waals surface area contributed by atoms with Crippen molar-refractivity contribution in [3.8, 4) is 5.75 Å². The first-order valence-corrected chi connectivity index (χ1v) is 13.5. The summed E-state index contributed by atoms with van der Waals surface area (Å²) in [6.07, 6.45) is 12.9. The van der Waals surface area contributed by atoms with Crippen molar-refractivity contribution in [2.75, 3.05) is 35.3 Å². The first-order valence-electron chi connectivity index (χ1n) is 13.0. The molecule has 2 aromatic carbocycles. The number of ether oxygens (including phenoxy) is 1. The molecule has 39 heavy (non-hydrogen) atoms. The molecule has 0 spiro atoms. The van der Waals surface area contributed by atoms with Crippen molar-refractivity contribution in [3.63, 3.8) is 0 Å². The van der Waals surface area contributed by atoms with Crippen molar-refractivity contribution in [2.24, 2.45) is 5.10 Å². The highest BCUT2D eigenvalue weighted by molar-refractivity contribution is 7.28. The highest BCUT2D eigenvalue weighted by Crippen LogP contribution is 2.26. The van der Waals surface area contributed by atoms with Gasteiger partial charge in [0.15, 0.2) is 0 Å². The van der Waals surface area contributed by atoms with Gasteiger partial charge in [-0.25, -0.2) is 10.4 Å². The van der Waals surface area contributed by atoms with Gasteiger partial charge >= 0.3 is 0 Å². The molecule has 0 bridgehead atoms. The minimum Gasteiger partial charge on any atom is -0.508 e. The third kappa shape index (κ3) is 6.91. The number of phenols is 1. The van der Waals surface area contributed by atoms with Gasteiger partial charge in [0.25, 0.3) is 0 Å². The van der Waals surface area contributed by atoms with Crippen LogP contribution in [0.2, 0.25) is 0 Å². The predicted molar refractivity (Wildman–Crippen MR) is 163 cm³/mol. The molecule has 5 rings (SSSR count). The summed E-state index contributed by atoms with van der Waals surface area (Å²) in [6, 6.07) is 13.5. The second kappa shape index (κ2) is 12.2. The summed E-state index contributed by atoms with van der Waals surface area (Å²) in [7, 11) is 2.71. The molecule has 2 aliphatic rings. The van der Waals surface area contributed by atoms with E-state index in [1.807, 2.05) is 24.3 Å². The van der Waals surface area contributed by atoms with Crippen LogP contribution in [0.15, 0.2) is 83.8 Å². The van der Waals surface area contributed by atoms with Gasteiger partial charge in [0, 0.05) is 36.0 Å². The number of hydrazone groups is 1. The number of aryl methyl sites for hydroxylation is 1. The van der Waals surface area contributed by atoms with Gasteiger partial charge in [-0.15, -0.1) is 0 Å². The minimum absolute atomic E-state index is 0.168. The van der Waals surface area contributed by atoms with Gasteiger partial charge in [-0.05, 0) is 78.9 Å². The number of anilines is 3. The van der Waals surface area contributed by atoms with E-state index in [2.05, 4.69) is 84.2 Å². The Bertz CT molecular complexity index is 1470. The van der Waals surface area contributed by atoms with Crippen LogP contribution in [0.5, 0.6) is 5.75 Å². The van der Waals surface area contributed by atoms with Crippen molar-refractivity contribution in [1.29, 1.82) is 0 Å². The molecule has 3 N–H and O–H groups in total. The van der Waals surface area contributed by atoms with E-state index >= 15 is 0 Å². The first kappa shape index (κ1) is 26.6. The number of rotatable bonds is 7. The quantitative estimate of drug-likeness (QED) is 0.221. The minimum atomic E-state index is 0.168. The lowest BCUT2D eigenvalue weighted by molar-refractivity contribution is 0.0530. The Labute approximate surface area is 231 Å². The molecule has 2 unspecified atom stereocenters. The summed E-state index contributed by atoms with van der Waals surface area (Å²) >= 11 is 0. The Hall–Kier alpha value is -4.00. The van der Waals surface area contributed by atoms with Gasteiger partial charge in [0.2, 0.25) is 5.95 Å². The summed E-state index contributed by atoms with van der Waals surface area (Å²) in [4.78, 5) is 11.3. The van der Waals surface area contributed by atoms with Crippen LogP contribution >= 0.6 is 9.24 Å². The number of hydrogen-bond donors (Lipinski definition) is 3. The zero-order valence-corrected chi connectivity index (χ0v) is 23.3. The van der Waals surface area contributed by atoms with E-state index in [0.29, 0.717) is 12.6 Å². The average Bonchev–Trinajstić information content (AvgIpc) is 3.16. The van der Waals surface area contributed by atoms with E-state index in [0.717, 1.165) is 64.3 Å². The van der Waals surface area contributed by atoms with E-state index in [-0.39, 0.29) is 11.9 Å². The Morgan fingerprint density at radius 3 is 2.92 bits per heavy atom. The van der Waals surface area contributed by atoms with E-state index in [1.54, 1.807) is 24.5 Å². The normalized spacial score (nSPS) is 17.5. The van der Waals surface area contributed by atoms with E-state index in [4.69, 9.17) is 4.74 Å². The molecule has 8 nitrogen and oxygen atoms in total. The summed E-state index contributed by atoms with van der Waals surface area (Å²) < 4.78 is 5.65. The van der Waals surface area contributed by atoms with Crippen molar-refractivity contribution < 1.29 is 9.84 Å². The highest BCUT2D eigenvalue weighted by atomic mass is 31.0. The maximum absolute atomic E-state index is 9.80. The smallest absolute Gasteiger partial charge is 0.245 e. The Morgan fingerprint density at radius 1 is 1.21 bits per heavy atom. The number of nitrogens with one attached hydrogen (secondary N) is 2. The largest absolute Gasteiger partial charge is 0.508 e. The van der Waals surface area contributed by atoms with Crippen LogP contribution in [-0.2, 0) is 4.74 Å². The van der Waals surface area contributed by atoms with Crippen LogP contribution in [0.25, 0.3) is 5.57 Å². The molecule has 2 heterocycles. The summed E-state index contributed by atoms with van der Waals surface area (Å²) in [5.41, 5.74) is 9.21. The number of phenolic OH excluding ortho intramolecular Hbond substituents is 1. The van der Waals surface area contributed by atoms with E-state index in [9.17, 15) is 5.11 Å². The Morgan fingerprint density at radius 2 is 2.10 bits per heavy atom. The maximum Gasteiger partial charge on any atom is 0.245 e. The third-order valence-corrected chi connectivity index (χ3v) is 6.99. The molecule has 9 heteroatoms. The zero-order chi connectivity index (χ0) is 27.2. The van der Waals surface area contributed by atoms with Gasteiger partial charge in [0.1, 0.15) is 11.6 Å². The van der Waals surface area contributed by atoms with E-state index < -0.39 is 0 Å². The Balaban J connectivity index is 1.23. The standard InChI is InChI=1S/C30H33N6O2P/c1-20-15-26(33-25-7-3-5-22(9-11-25)23-6-4-8-27(37)16-23)12-10-24(20)17-32-35-30-31-18-28(39)29(34-30)36-13-14-38-21(2)19-36/h3-4,6-12,15-18,21,33,37H,5,13-14,19,39H2,1-2H3,(H,31,34,35)/b32-17+. The monoisotopic (exact) mass is 540 g/mol. The van der Waals surface area contributed by atoms with Crippen LogP contribution in [0.1, 0.15) is 30.0 Å². The topological polar surface area (TPSA) is 94.9 Å². The van der Waals surface area contributed by atoms with Gasteiger partial charge < -0.3 is 20.1 Å². The number of aromatic hydroxyl groups is 1. The molecular weight excluding hydrogens is 507 g/mol. The fourth-order valence-corrected chi connectivity index (χ4v) is 4.88. The van der Waals surface area contributed by atoms with Crippen molar-refractivity contribution in [3.05, 3.63) is 95.4 Å². The molecule has 0 amide bonds. The third-order valence-electron chi connectivity index (χ3n) is 6.58. The molecule has 1 fully saturated rings. The zero-order valence-electron chi connectivity index (χ0n) is 22.1. The SMILES string of the molecule is Cc1cc(NC2=CC=C(c3cccc(O)c3)CC=C2)ccc1/C=N/Nc1ncc(P)c(N2CCOC(C)C2)n1. The molecule has 1 aromatic heterocycles. The van der Waals surface area contributed by atoms with Crippen molar-refractivity contribution in [1.82, 2.24) is 9.97 Å². The number of allylic oxidation sites excluding steroid dienone is 5. The first-order chi connectivity index (χ1) is 18.9. The number of hydrogen-bond acceptors (Lipinski definition) is 8. The van der Waals surface area contributed by atoms with Gasteiger partial charge in [-0.2, -0.15) is 10.1 Å². The predicted octanol–water partition coefficient (Wildman–Crippen LogP) is 5.00. The molecule has 1 aliphatic heterocycles. The van der Waals surface area contributed by atoms with Gasteiger partial charge in [-0.1, -0.05) is 39.6 Å². The lowest BCUT2D eigenvalue weighted by Gasteiger charge is -2.32. The van der Waals surface area contributed by atoms with Crippen LogP contribution < -0.4 is 20.9 Å². The molecule has 2 atom stereocenters. The second-order valence-electron chi connectivity index (χ2n) is 9.64. The van der Waals surface area contributed by atoms with Gasteiger partial charge in [0.05, 0.1) is 18.9 Å². The lowest BCUT2D eigenvalue weighted by Crippen LogP contribution is -2.43. The molecule has 3 aromatic rings. The number of morpholine rings is 1. The maximum atomic E-state index is 9.80. The summed E-state index contributed by atoms with van der Waals surface area (Å²) in [6.45, 7) is 6.40. The Kier molecular flexibility index (Phi) is 8.35.